The van der Waals surface area contributed by atoms with Crippen molar-refractivity contribution in [3.8, 4) is 16.9 Å². The van der Waals surface area contributed by atoms with Gasteiger partial charge in [-0.2, -0.15) is 0 Å². The Hall–Kier alpha value is -2.69. The highest BCUT2D eigenvalue weighted by molar-refractivity contribution is 5.64. The van der Waals surface area contributed by atoms with Gasteiger partial charge in [-0.3, -0.25) is 4.57 Å². The summed E-state index contributed by atoms with van der Waals surface area (Å²) in [6, 6.07) is 8.32. The number of rotatable bonds is 2. The van der Waals surface area contributed by atoms with Crippen molar-refractivity contribution in [2.75, 3.05) is 5.73 Å². The monoisotopic (exact) mass is 268 g/mol. The molecular weight excluding hydrogens is 255 g/mol. The zero-order valence-electron chi connectivity index (χ0n) is 10.9. The van der Waals surface area contributed by atoms with E-state index in [4.69, 9.17) is 5.73 Å². The molecule has 2 heterocycles. The molecule has 1 aromatic carbocycles. The lowest BCUT2D eigenvalue weighted by atomic mass is 10.1. The summed E-state index contributed by atoms with van der Waals surface area (Å²) in [5.41, 5.74) is 9.23. The maximum Gasteiger partial charge on any atom is 0.123 e. The Morgan fingerprint density at radius 1 is 1.20 bits per heavy atom. The summed E-state index contributed by atoms with van der Waals surface area (Å²) in [5.74, 6) is 0.201. The van der Waals surface area contributed by atoms with Crippen molar-refractivity contribution in [2.24, 2.45) is 0 Å². The zero-order chi connectivity index (χ0) is 14.1. The molecule has 0 saturated heterocycles. The number of halogens is 1. The highest BCUT2D eigenvalue weighted by Gasteiger charge is 2.10. The summed E-state index contributed by atoms with van der Waals surface area (Å²) in [7, 11) is 0. The van der Waals surface area contributed by atoms with Gasteiger partial charge in [-0.15, -0.1) is 0 Å². The van der Waals surface area contributed by atoms with Gasteiger partial charge in [0.25, 0.3) is 0 Å². The van der Waals surface area contributed by atoms with Crippen LogP contribution in [-0.2, 0) is 0 Å². The molecular formula is C15H13FN4. The smallest absolute Gasteiger partial charge is 0.123 e. The largest absolute Gasteiger partial charge is 0.384 e. The summed E-state index contributed by atoms with van der Waals surface area (Å²) in [4.78, 5) is 8.16. The lowest BCUT2D eigenvalue weighted by molar-refractivity contribution is 0.626. The molecule has 3 aromatic rings. The molecule has 0 spiro atoms. The van der Waals surface area contributed by atoms with Crippen molar-refractivity contribution < 1.29 is 4.39 Å². The maximum atomic E-state index is 13.2. The average Bonchev–Trinajstić information content (AvgIpc) is 2.87. The van der Waals surface area contributed by atoms with Gasteiger partial charge < -0.3 is 5.73 Å². The van der Waals surface area contributed by atoms with Gasteiger partial charge in [0.2, 0.25) is 0 Å². The van der Waals surface area contributed by atoms with Crippen LogP contribution in [0.3, 0.4) is 0 Å². The van der Waals surface area contributed by atoms with Crippen molar-refractivity contribution in [1.29, 1.82) is 0 Å². The molecule has 4 nitrogen and oxygen atoms in total. The summed E-state index contributed by atoms with van der Waals surface area (Å²) in [6.45, 7) is 1.86. The third-order valence-electron chi connectivity index (χ3n) is 3.13. The van der Waals surface area contributed by atoms with Gasteiger partial charge in [0.15, 0.2) is 0 Å². The Morgan fingerprint density at radius 3 is 2.80 bits per heavy atom. The number of hydrogen-bond acceptors (Lipinski definition) is 3. The van der Waals surface area contributed by atoms with E-state index in [-0.39, 0.29) is 5.82 Å². The van der Waals surface area contributed by atoms with E-state index in [1.54, 1.807) is 30.9 Å². The standard InChI is InChI=1S/C15H13FN4/c1-10-6-12(16)2-3-13(10)20-9-18-8-14(20)11-4-5-19-15(17)7-11/h2-9H,1H3,(H2,17,19). The van der Waals surface area contributed by atoms with E-state index in [0.29, 0.717) is 5.82 Å². The Balaban J connectivity index is 2.15. The van der Waals surface area contributed by atoms with Gasteiger partial charge in [0.05, 0.1) is 23.9 Å². The fourth-order valence-corrected chi connectivity index (χ4v) is 2.20. The lowest BCUT2D eigenvalue weighted by Crippen LogP contribution is -1.99. The SMILES string of the molecule is Cc1cc(F)ccc1-n1cncc1-c1ccnc(N)c1. The van der Waals surface area contributed by atoms with E-state index in [9.17, 15) is 4.39 Å². The molecule has 0 atom stereocenters. The summed E-state index contributed by atoms with van der Waals surface area (Å²) in [5, 5.41) is 0. The Labute approximate surface area is 115 Å². The molecule has 0 fully saturated rings. The first-order valence-corrected chi connectivity index (χ1v) is 6.16. The van der Waals surface area contributed by atoms with Crippen LogP contribution < -0.4 is 5.73 Å². The van der Waals surface area contributed by atoms with E-state index in [2.05, 4.69) is 9.97 Å². The number of hydrogen-bond donors (Lipinski definition) is 1. The Bertz CT molecular complexity index is 764. The summed E-state index contributed by atoms with van der Waals surface area (Å²) in [6.07, 6.45) is 5.10. The lowest BCUT2D eigenvalue weighted by Gasteiger charge is -2.11. The van der Waals surface area contributed by atoms with Crippen LogP contribution in [0.4, 0.5) is 10.2 Å². The second kappa shape index (κ2) is 4.77. The normalized spacial score (nSPS) is 10.7. The molecule has 0 aliphatic carbocycles. The van der Waals surface area contributed by atoms with E-state index in [0.717, 1.165) is 22.5 Å². The van der Waals surface area contributed by atoms with Crippen LogP contribution in [0.1, 0.15) is 5.56 Å². The second-order valence-corrected chi connectivity index (χ2v) is 4.55. The number of pyridine rings is 1. The number of aromatic nitrogens is 3. The molecule has 0 radical (unpaired) electrons. The molecule has 3 rings (SSSR count). The maximum absolute atomic E-state index is 13.2. The minimum atomic E-state index is -0.249. The van der Waals surface area contributed by atoms with Crippen LogP contribution in [-0.4, -0.2) is 14.5 Å². The minimum absolute atomic E-state index is 0.249. The van der Waals surface area contributed by atoms with Crippen LogP contribution in [0.5, 0.6) is 0 Å². The fourth-order valence-electron chi connectivity index (χ4n) is 2.20. The quantitative estimate of drug-likeness (QED) is 0.777. The number of aryl methyl sites for hydroxylation is 1. The molecule has 0 unspecified atom stereocenters. The van der Waals surface area contributed by atoms with Gasteiger partial charge in [0.1, 0.15) is 11.6 Å². The van der Waals surface area contributed by atoms with Crippen molar-refractivity contribution in [2.45, 2.75) is 6.92 Å². The zero-order valence-corrected chi connectivity index (χ0v) is 10.9. The van der Waals surface area contributed by atoms with Crippen molar-refractivity contribution in [3.63, 3.8) is 0 Å². The van der Waals surface area contributed by atoms with Gasteiger partial charge in [-0.05, 0) is 42.8 Å². The minimum Gasteiger partial charge on any atom is -0.384 e. The molecule has 0 bridgehead atoms. The van der Waals surface area contributed by atoms with Crippen molar-refractivity contribution in [1.82, 2.24) is 14.5 Å². The van der Waals surface area contributed by atoms with Crippen molar-refractivity contribution >= 4 is 5.82 Å². The van der Waals surface area contributed by atoms with Crippen LogP contribution in [0, 0.1) is 12.7 Å². The number of imidazole rings is 1. The van der Waals surface area contributed by atoms with Crippen LogP contribution in [0.2, 0.25) is 0 Å². The number of nitrogens with two attached hydrogens (primary N) is 1. The number of anilines is 1. The number of benzene rings is 1. The number of nitrogen functional groups attached to an aromatic ring is 1. The average molecular weight is 268 g/mol. The van der Waals surface area contributed by atoms with E-state index < -0.39 is 0 Å². The van der Waals surface area contributed by atoms with Gasteiger partial charge in [0, 0.05) is 11.8 Å². The van der Waals surface area contributed by atoms with Gasteiger partial charge >= 0.3 is 0 Å². The topological polar surface area (TPSA) is 56.7 Å². The molecule has 0 aliphatic heterocycles. The summed E-state index contributed by atoms with van der Waals surface area (Å²) >= 11 is 0. The van der Waals surface area contributed by atoms with E-state index in [1.807, 2.05) is 17.6 Å². The molecule has 0 amide bonds. The molecule has 2 N–H and O–H groups in total. The van der Waals surface area contributed by atoms with Gasteiger partial charge in [-0.25, -0.2) is 14.4 Å². The van der Waals surface area contributed by atoms with E-state index >= 15 is 0 Å². The van der Waals surface area contributed by atoms with Crippen LogP contribution in [0.25, 0.3) is 16.9 Å². The first kappa shape index (κ1) is 12.3. The first-order chi connectivity index (χ1) is 9.65. The molecule has 100 valence electrons. The highest BCUT2D eigenvalue weighted by Crippen LogP contribution is 2.25. The Morgan fingerprint density at radius 2 is 2.05 bits per heavy atom. The molecule has 5 heteroatoms. The predicted molar refractivity (Wildman–Crippen MR) is 75.9 cm³/mol. The number of nitrogens with zero attached hydrogens (tertiary/aromatic N) is 3. The third kappa shape index (κ3) is 2.14. The van der Waals surface area contributed by atoms with Crippen LogP contribution in [0.15, 0.2) is 49.1 Å². The van der Waals surface area contributed by atoms with Crippen LogP contribution >= 0.6 is 0 Å². The van der Waals surface area contributed by atoms with Crippen molar-refractivity contribution in [3.05, 3.63) is 60.4 Å². The molecule has 0 aliphatic rings. The third-order valence-corrected chi connectivity index (χ3v) is 3.13. The second-order valence-electron chi connectivity index (χ2n) is 4.55. The summed E-state index contributed by atoms with van der Waals surface area (Å²) < 4.78 is 15.1. The van der Waals surface area contributed by atoms with E-state index in [1.165, 1.54) is 12.1 Å². The molecule has 0 saturated carbocycles. The fraction of sp³-hybridized carbons (Fsp3) is 0.0667. The Kier molecular flexibility index (Phi) is 2.95. The van der Waals surface area contributed by atoms with Gasteiger partial charge in [-0.1, -0.05) is 0 Å². The first-order valence-electron chi connectivity index (χ1n) is 6.16. The highest BCUT2D eigenvalue weighted by atomic mass is 19.1. The molecule has 2 aromatic heterocycles. The predicted octanol–water partition coefficient (Wildman–Crippen LogP) is 2.96. The molecule has 20 heavy (non-hydrogen) atoms.